The molecule has 3 unspecified atom stereocenters. The molecule has 75 heavy (non-hydrogen) atoms. The molecule has 0 amide bonds. The summed E-state index contributed by atoms with van der Waals surface area (Å²) in [5, 5.41) is 11.4. The summed E-state index contributed by atoms with van der Waals surface area (Å²) in [7, 11) is -3.78. The number of hydrogen-bond acceptors (Lipinski definition) is 10. The molecule has 8 atom stereocenters. The maximum absolute atomic E-state index is 12.7. The summed E-state index contributed by atoms with van der Waals surface area (Å²) in [4.78, 5) is 0. The van der Waals surface area contributed by atoms with E-state index >= 15 is 0 Å². The fourth-order valence-electron chi connectivity index (χ4n) is 10.5. The molecule has 0 bridgehead atoms. The minimum absolute atomic E-state index is 0.0697. The van der Waals surface area contributed by atoms with Crippen molar-refractivity contribution in [3.8, 4) is 0 Å². The lowest BCUT2D eigenvalue weighted by Crippen LogP contribution is -2.57. The van der Waals surface area contributed by atoms with E-state index < -0.39 is 34.4 Å². The van der Waals surface area contributed by atoms with Crippen LogP contribution in [0.4, 0.5) is 0 Å². The van der Waals surface area contributed by atoms with Gasteiger partial charge in [0.15, 0.2) is 5.79 Å². The molecule has 1 saturated carbocycles. The van der Waals surface area contributed by atoms with Crippen LogP contribution in [0.5, 0.6) is 0 Å². The third kappa shape index (κ3) is 19.3. The lowest BCUT2D eigenvalue weighted by Gasteiger charge is -2.44. The van der Waals surface area contributed by atoms with Crippen molar-refractivity contribution in [3.63, 3.8) is 0 Å². The summed E-state index contributed by atoms with van der Waals surface area (Å²) in [6.07, 6.45) is 14.6. The molecule has 408 valence electrons. The van der Waals surface area contributed by atoms with Gasteiger partial charge < -0.3 is 33.5 Å². The molecule has 8 rings (SSSR count). The van der Waals surface area contributed by atoms with Crippen molar-refractivity contribution in [2.45, 2.75) is 192 Å². The smallest absolute Gasteiger partial charge is 0.339 e. The zero-order valence-electron chi connectivity index (χ0n) is 44.9. The van der Waals surface area contributed by atoms with Crippen LogP contribution < -0.4 is 0 Å². The molecule has 11 nitrogen and oxygen atoms in total. The molecule has 0 spiro atoms. The second-order valence-electron chi connectivity index (χ2n) is 21.0. The van der Waals surface area contributed by atoms with Gasteiger partial charge in [0.2, 0.25) is 0 Å². The third-order valence-electron chi connectivity index (χ3n) is 14.5. The molecular weight excluding hydrogens is 963 g/mol. The van der Waals surface area contributed by atoms with E-state index in [9.17, 15) is 13.5 Å². The third-order valence-corrected chi connectivity index (χ3v) is 15.9. The minimum atomic E-state index is -3.78. The fraction of sp³-hybridized carbons (Fsp3) is 0.524. The van der Waals surface area contributed by atoms with Gasteiger partial charge in [-0.25, -0.2) is 0 Å². The molecule has 1 N–H and O–H groups in total. The van der Waals surface area contributed by atoms with Gasteiger partial charge >= 0.3 is 10.3 Å². The SMILES string of the molecule is CCCCCCCCCCCCCC[C@H]1OC(C)(C)O[C@H]1[C@@H]1COS(=O)(=O)N1Cc1ccccc1.O[C@H]1CC(COCc2ccccc2)C(OCc2ccccc2)[C@@H](OCc2ccccc2)C1OCc1ccccc1. The van der Waals surface area contributed by atoms with E-state index in [4.69, 9.17) is 32.6 Å². The number of ether oxygens (including phenoxy) is 6. The first-order valence-electron chi connectivity index (χ1n) is 27.9. The molecular formula is C63H85NO10S. The van der Waals surface area contributed by atoms with E-state index in [-0.39, 0.29) is 43.4 Å². The number of rotatable bonds is 29. The highest BCUT2D eigenvalue weighted by Crippen LogP contribution is 2.38. The highest BCUT2D eigenvalue weighted by atomic mass is 32.2. The van der Waals surface area contributed by atoms with Crippen molar-refractivity contribution >= 4 is 10.3 Å². The lowest BCUT2D eigenvalue weighted by atomic mass is 9.80. The van der Waals surface area contributed by atoms with E-state index in [0.29, 0.717) is 39.5 Å². The van der Waals surface area contributed by atoms with Crippen LogP contribution in [0, 0.1) is 5.92 Å². The number of aliphatic hydroxyl groups excluding tert-OH is 1. The summed E-state index contributed by atoms with van der Waals surface area (Å²) >= 11 is 0. The first-order valence-corrected chi connectivity index (χ1v) is 29.3. The Balaban J connectivity index is 0.000000221. The van der Waals surface area contributed by atoms with Crippen molar-refractivity contribution in [1.82, 2.24) is 4.31 Å². The molecule has 5 aromatic carbocycles. The summed E-state index contributed by atoms with van der Waals surface area (Å²) in [5.41, 5.74) is 5.24. The lowest BCUT2D eigenvalue weighted by molar-refractivity contribution is -0.224. The van der Waals surface area contributed by atoms with Crippen molar-refractivity contribution in [2.75, 3.05) is 13.2 Å². The van der Waals surface area contributed by atoms with Crippen LogP contribution in [-0.2, 0) is 75.9 Å². The van der Waals surface area contributed by atoms with Gasteiger partial charge in [0, 0.05) is 12.5 Å². The Hall–Kier alpha value is -4.31. The number of aliphatic hydroxyl groups is 1. The second-order valence-corrected chi connectivity index (χ2v) is 22.6. The maximum Gasteiger partial charge on any atom is 0.339 e. The Morgan fingerprint density at radius 2 is 0.973 bits per heavy atom. The zero-order chi connectivity index (χ0) is 52.6. The quantitative estimate of drug-likeness (QED) is 0.0463. The topological polar surface area (TPSA) is 122 Å². The molecule has 0 aromatic heterocycles. The van der Waals surface area contributed by atoms with E-state index in [1.165, 1.54) is 74.9 Å². The predicted molar refractivity (Wildman–Crippen MR) is 295 cm³/mol. The summed E-state index contributed by atoms with van der Waals surface area (Å²) in [6.45, 7) is 8.63. The highest BCUT2D eigenvalue weighted by molar-refractivity contribution is 7.84. The summed E-state index contributed by atoms with van der Waals surface area (Å²) in [6, 6.07) is 49.6. The van der Waals surface area contributed by atoms with Crippen LogP contribution in [0.15, 0.2) is 152 Å². The standard InChI is InChI=1S/C35H38O5.C28H47NO5S/c36-32-21-31(26-37-22-27-13-5-1-6-14-27)33(38-23-28-15-7-2-8-16-28)35(40-25-30-19-11-4-12-20-30)34(32)39-24-29-17-9-3-10-18-29;1-4-5-6-7-8-9-10-11-12-13-14-18-21-26-27(34-28(2,3)33-26)25-23-32-35(30,31)29(25)22-24-19-16-15-17-20-24/h1-20,31-36H,21-26H2;15-17,19-20,25-27H,4-14,18,21-23H2,1-3H3/t31?,32-,33?,34?,35+;25-,26+,27-/m00/s1. The second kappa shape index (κ2) is 31.2. The molecule has 3 fully saturated rings. The van der Waals surface area contributed by atoms with Crippen molar-refractivity contribution in [3.05, 3.63) is 179 Å². The van der Waals surface area contributed by atoms with Crippen LogP contribution in [-0.4, -0.2) is 79.5 Å². The van der Waals surface area contributed by atoms with E-state index in [1.54, 1.807) is 0 Å². The van der Waals surface area contributed by atoms with Gasteiger partial charge in [-0.05, 0) is 54.5 Å². The Morgan fingerprint density at radius 3 is 1.47 bits per heavy atom. The average Bonchev–Trinajstić information content (AvgIpc) is 3.90. The Morgan fingerprint density at radius 1 is 0.547 bits per heavy atom. The van der Waals surface area contributed by atoms with Crippen LogP contribution in [0.25, 0.3) is 0 Å². The molecule has 1 aliphatic carbocycles. The van der Waals surface area contributed by atoms with Crippen molar-refractivity contribution in [2.24, 2.45) is 5.92 Å². The molecule has 2 heterocycles. The van der Waals surface area contributed by atoms with Crippen molar-refractivity contribution < 1.29 is 46.1 Å². The fourth-order valence-corrected chi connectivity index (χ4v) is 11.8. The number of hydrogen-bond donors (Lipinski definition) is 1. The van der Waals surface area contributed by atoms with Crippen molar-refractivity contribution in [1.29, 1.82) is 0 Å². The minimum Gasteiger partial charge on any atom is -0.390 e. The van der Waals surface area contributed by atoms with Gasteiger partial charge in [0.1, 0.15) is 18.3 Å². The Labute approximate surface area is 449 Å². The van der Waals surface area contributed by atoms with Crippen LogP contribution in [0.1, 0.15) is 138 Å². The highest BCUT2D eigenvalue weighted by Gasteiger charge is 2.52. The normalized spacial score (nSPS) is 24.2. The molecule has 12 heteroatoms. The van der Waals surface area contributed by atoms with Crippen LogP contribution >= 0.6 is 0 Å². The van der Waals surface area contributed by atoms with E-state index in [0.717, 1.165) is 40.7 Å². The average molecular weight is 1050 g/mol. The van der Waals surface area contributed by atoms with Gasteiger partial charge in [0.05, 0.1) is 64.0 Å². The van der Waals surface area contributed by atoms with Gasteiger partial charge in [0.25, 0.3) is 0 Å². The molecule has 3 aliphatic rings. The number of nitrogens with zero attached hydrogens (tertiary/aromatic N) is 1. The summed E-state index contributed by atoms with van der Waals surface area (Å²) in [5.74, 6) is -0.795. The Kier molecular flexibility index (Phi) is 24.3. The van der Waals surface area contributed by atoms with Gasteiger partial charge in [-0.3, -0.25) is 4.18 Å². The van der Waals surface area contributed by atoms with Gasteiger partial charge in [-0.1, -0.05) is 236 Å². The van der Waals surface area contributed by atoms with Gasteiger partial charge in [-0.2, -0.15) is 12.7 Å². The van der Waals surface area contributed by atoms with Gasteiger partial charge in [-0.15, -0.1) is 0 Å². The first-order chi connectivity index (χ1) is 36.6. The van der Waals surface area contributed by atoms with E-state index in [2.05, 4.69) is 31.2 Å². The van der Waals surface area contributed by atoms with Crippen LogP contribution in [0.3, 0.4) is 0 Å². The Bertz CT molecular complexity index is 2400. The number of unbranched alkanes of at least 4 members (excludes halogenated alkanes) is 11. The van der Waals surface area contributed by atoms with Crippen LogP contribution in [0.2, 0.25) is 0 Å². The maximum atomic E-state index is 12.7. The molecule has 2 saturated heterocycles. The summed E-state index contributed by atoms with van der Waals surface area (Å²) < 4.78 is 70.3. The molecule has 5 aromatic rings. The monoisotopic (exact) mass is 1050 g/mol. The largest absolute Gasteiger partial charge is 0.390 e. The van der Waals surface area contributed by atoms with E-state index in [1.807, 2.05) is 141 Å². The predicted octanol–water partition coefficient (Wildman–Crippen LogP) is 13.1. The first kappa shape index (κ1) is 58.4. The molecule has 0 radical (unpaired) electrons. The molecule has 2 aliphatic heterocycles. The number of benzene rings is 5. The zero-order valence-corrected chi connectivity index (χ0v) is 45.7.